The van der Waals surface area contributed by atoms with Crippen molar-refractivity contribution in [1.82, 2.24) is 4.90 Å². The van der Waals surface area contributed by atoms with Gasteiger partial charge in [0.05, 0.1) is 17.1 Å². The van der Waals surface area contributed by atoms with Gasteiger partial charge in [0, 0.05) is 30.5 Å². The second-order valence-corrected chi connectivity index (χ2v) is 9.30. The number of ether oxygens (including phenoxy) is 1. The number of phenols is 1. The lowest BCUT2D eigenvalue weighted by Crippen LogP contribution is -2.76. The molecule has 6 aliphatic rings. The summed E-state index contributed by atoms with van der Waals surface area (Å²) < 4.78 is 6.02. The normalized spacial score (nSPS) is 48.1. The van der Waals surface area contributed by atoms with Crippen molar-refractivity contribution in [3.8, 4) is 11.5 Å². The van der Waals surface area contributed by atoms with Gasteiger partial charge in [0.15, 0.2) is 23.4 Å². The predicted molar refractivity (Wildman–Crippen MR) is 87.8 cm³/mol. The van der Waals surface area contributed by atoms with Gasteiger partial charge in [-0.2, -0.15) is 0 Å². The number of carbonyl (C=O) groups excluding carboxylic acids is 1. The number of aromatic hydroxyl groups is 1. The number of ketones is 1. The van der Waals surface area contributed by atoms with Gasteiger partial charge in [0.1, 0.15) is 0 Å². The van der Waals surface area contributed by atoms with E-state index in [1.807, 2.05) is 6.07 Å². The molecule has 2 aliphatic heterocycles. The quantitative estimate of drug-likeness (QED) is 0.848. The van der Waals surface area contributed by atoms with Gasteiger partial charge in [-0.05, 0) is 43.2 Å². The average Bonchev–Trinajstić information content (AvgIpc) is 3.17. The zero-order valence-corrected chi connectivity index (χ0v) is 14.0. The van der Waals surface area contributed by atoms with Crippen LogP contribution in [-0.4, -0.2) is 51.7 Å². The Bertz CT molecular complexity index is 879. The van der Waals surface area contributed by atoms with E-state index in [2.05, 4.69) is 4.90 Å². The first-order valence-electron chi connectivity index (χ1n) is 9.54. The summed E-state index contributed by atoms with van der Waals surface area (Å²) in [6, 6.07) is 3.83. The number of benzene rings is 1. The lowest BCUT2D eigenvalue weighted by Gasteiger charge is -2.61. The summed E-state index contributed by atoms with van der Waals surface area (Å²) in [6.07, 6.45) is 3.67. The number of aliphatic hydroxyl groups is 1. The maximum absolute atomic E-state index is 12.7. The summed E-state index contributed by atoms with van der Waals surface area (Å²) >= 11 is 0. The molecule has 0 amide bonds. The summed E-state index contributed by atoms with van der Waals surface area (Å²) in [5.41, 5.74) is 0.558. The maximum atomic E-state index is 12.7. The number of Topliss-reactive ketones (excluding diaryl/α,β-unsaturated/α-hetero) is 1. The van der Waals surface area contributed by atoms with Crippen LogP contribution in [-0.2, 0) is 15.6 Å². The summed E-state index contributed by atoms with van der Waals surface area (Å²) in [4.78, 5) is 15.2. The molecule has 2 spiro atoms. The molecule has 3 saturated carbocycles. The molecule has 5 heteroatoms. The predicted octanol–water partition coefficient (Wildman–Crippen LogP) is 1.23. The molecule has 2 heterocycles. The van der Waals surface area contributed by atoms with Crippen molar-refractivity contribution in [3.63, 3.8) is 0 Å². The lowest BCUT2D eigenvalue weighted by atomic mass is 9.55. The first-order valence-corrected chi connectivity index (χ1v) is 9.54. The number of likely N-dealkylation sites (tertiary alicyclic amines) is 1. The summed E-state index contributed by atoms with van der Waals surface area (Å²) in [7, 11) is 0. The smallest absolute Gasteiger partial charge is 0.174 e. The standard InChI is InChI=1S/C20H21NO4/c22-12-4-3-11-14-15(12)25-16-13(23)5-6-20(24)17-18(11,8-19(14,16)20)9-21(17)7-10-1-2-10/h3-4,10,16-17,22,24H,1-2,5-9H2/t16-,17+,18-,19-,20+/m0/s1. The van der Waals surface area contributed by atoms with Gasteiger partial charge in [-0.3, -0.25) is 9.69 Å². The molecule has 4 aliphatic carbocycles. The van der Waals surface area contributed by atoms with Crippen LogP contribution >= 0.6 is 0 Å². The zero-order chi connectivity index (χ0) is 16.8. The van der Waals surface area contributed by atoms with E-state index in [0.29, 0.717) is 18.6 Å². The van der Waals surface area contributed by atoms with E-state index < -0.39 is 17.1 Å². The fourth-order valence-corrected chi connectivity index (χ4v) is 7.38. The van der Waals surface area contributed by atoms with Gasteiger partial charge in [-0.1, -0.05) is 6.07 Å². The molecule has 5 nitrogen and oxygen atoms in total. The number of nitrogens with zero attached hydrogens (tertiary/aromatic N) is 1. The van der Waals surface area contributed by atoms with Crippen molar-refractivity contribution in [1.29, 1.82) is 0 Å². The van der Waals surface area contributed by atoms with E-state index in [1.54, 1.807) is 6.07 Å². The van der Waals surface area contributed by atoms with Gasteiger partial charge < -0.3 is 14.9 Å². The fraction of sp³-hybridized carbons (Fsp3) is 0.650. The van der Waals surface area contributed by atoms with Crippen LogP contribution in [0.25, 0.3) is 0 Å². The van der Waals surface area contributed by atoms with Crippen molar-refractivity contribution in [2.45, 2.75) is 60.7 Å². The maximum Gasteiger partial charge on any atom is 0.174 e. The van der Waals surface area contributed by atoms with Gasteiger partial charge in [0.25, 0.3) is 0 Å². The second-order valence-electron chi connectivity index (χ2n) is 9.30. The van der Waals surface area contributed by atoms with Crippen LogP contribution in [0.2, 0.25) is 0 Å². The molecule has 0 unspecified atom stereocenters. The second kappa shape index (κ2) is 3.60. The van der Waals surface area contributed by atoms with Crippen LogP contribution in [0.5, 0.6) is 11.5 Å². The number of hydrogen-bond donors (Lipinski definition) is 2. The Morgan fingerprint density at radius 3 is 2.96 bits per heavy atom. The Labute approximate surface area is 145 Å². The molecular weight excluding hydrogens is 318 g/mol. The van der Waals surface area contributed by atoms with E-state index in [0.717, 1.165) is 31.0 Å². The van der Waals surface area contributed by atoms with Crippen molar-refractivity contribution in [2.24, 2.45) is 5.92 Å². The van der Waals surface area contributed by atoms with Crippen LogP contribution in [0.1, 0.15) is 43.2 Å². The van der Waals surface area contributed by atoms with Crippen molar-refractivity contribution in [3.05, 3.63) is 23.3 Å². The Morgan fingerprint density at radius 1 is 1.32 bits per heavy atom. The molecule has 1 aromatic rings. The van der Waals surface area contributed by atoms with Crippen LogP contribution in [0.4, 0.5) is 0 Å². The first kappa shape index (κ1) is 13.6. The SMILES string of the molecule is O=C1CC[C@@]2(O)[C@@H]3N(CC4CC4)C[C@]34C[C@@]23c2c4ccc(O)c2O[C@@H]13. The Balaban J connectivity index is 1.50. The fourth-order valence-electron chi connectivity index (χ4n) is 7.38. The van der Waals surface area contributed by atoms with Crippen LogP contribution in [0.15, 0.2) is 12.1 Å². The number of phenolic OH excluding ortho intramolecular Hbond substituents is 1. The lowest BCUT2D eigenvalue weighted by molar-refractivity contribution is -0.168. The van der Waals surface area contributed by atoms with Gasteiger partial charge in [0.2, 0.25) is 0 Å². The Morgan fingerprint density at radius 2 is 2.16 bits per heavy atom. The molecular formula is C20H21NO4. The van der Waals surface area contributed by atoms with Crippen molar-refractivity contribution >= 4 is 5.78 Å². The van der Waals surface area contributed by atoms with E-state index in [1.165, 1.54) is 18.4 Å². The monoisotopic (exact) mass is 339 g/mol. The topological polar surface area (TPSA) is 70.0 Å². The summed E-state index contributed by atoms with van der Waals surface area (Å²) in [5.74, 6) is 1.44. The van der Waals surface area contributed by atoms with Crippen LogP contribution in [0.3, 0.4) is 0 Å². The number of carbonyl (C=O) groups is 1. The number of fused-ring (bicyclic) bond motifs is 1. The molecule has 130 valence electrons. The molecule has 1 saturated heterocycles. The summed E-state index contributed by atoms with van der Waals surface area (Å²) in [5, 5.41) is 22.3. The molecule has 2 bridgehead atoms. The Kier molecular flexibility index (Phi) is 1.96. The largest absolute Gasteiger partial charge is 0.504 e. The van der Waals surface area contributed by atoms with E-state index in [9.17, 15) is 15.0 Å². The third-order valence-corrected chi connectivity index (χ3v) is 8.23. The van der Waals surface area contributed by atoms with Gasteiger partial charge in [-0.15, -0.1) is 0 Å². The Hall–Kier alpha value is -1.59. The third-order valence-electron chi connectivity index (χ3n) is 8.23. The average molecular weight is 339 g/mol. The van der Waals surface area contributed by atoms with E-state index in [-0.39, 0.29) is 23.0 Å². The van der Waals surface area contributed by atoms with Crippen LogP contribution in [0, 0.1) is 5.92 Å². The van der Waals surface area contributed by atoms with Crippen molar-refractivity contribution in [2.75, 3.05) is 13.1 Å². The van der Waals surface area contributed by atoms with Crippen molar-refractivity contribution < 1.29 is 19.7 Å². The molecule has 1 aromatic carbocycles. The van der Waals surface area contributed by atoms with Crippen LogP contribution < -0.4 is 4.74 Å². The molecule has 5 atom stereocenters. The highest BCUT2D eigenvalue weighted by Crippen LogP contribution is 2.77. The highest BCUT2D eigenvalue weighted by atomic mass is 16.5. The minimum absolute atomic E-state index is 0.0614. The van der Waals surface area contributed by atoms with E-state index >= 15 is 0 Å². The molecule has 0 aromatic heterocycles. The minimum atomic E-state index is -0.912. The zero-order valence-electron chi connectivity index (χ0n) is 14.0. The molecule has 4 fully saturated rings. The number of rotatable bonds is 2. The van der Waals surface area contributed by atoms with Gasteiger partial charge in [-0.25, -0.2) is 0 Å². The summed E-state index contributed by atoms with van der Waals surface area (Å²) in [6.45, 7) is 2.04. The highest BCUT2D eigenvalue weighted by molar-refractivity contribution is 5.91. The third kappa shape index (κ3) is 1.14. The minimum Gasteiger partial charge on any atom is -0.504 e. The number of hydrogen-bond acceptors (Lipinski definition) is 5. The first-order chi connectivity index (χ1) is 12.0. The highest BCUT2D eigenvalue weighted by Gasteiger charge is 2.86. The molecule has 2 N–H and O–H groups in total. The molecule has 0 radical (unpaired) electrons. The van der Waals surface area contributed by atoms with E-state index in [4.69, 9.17) is 4.74 Å². The molecule has 25 heavy (non-hydrogen) atoms. The molecule has 7 rings (SSSR count). The van der Waals surface area contributed by atoms with Gasteiger partial charge >= 0.3 is 0 Å².